The van der Waals surface area contributed by atoms with Gasteiger partial charge in [0.25, 0.3) is 0 Å². The number of hydrogen-bond donors (Lipinski definition) is 0. The second-order valence-corrected chi connectivity index (χ2v) is 12.6. The SMILES string of the molecule is c1ccc(-c2ccc(N(c3ccc(-c4ccccc4)cc3)c3ccc(-c4ccc5c(c4)-c4ccccc4Oc4ccccc4-5)cc3)cc2)cc1. The number of nitrogens with zero attached hydrogens (tertiary/aromatic N) is 1. The number of para-hydroxylation sites is 2. The summed E-state index contributed by atoms with van der Waals surface area (Å²) in [6.07, 6.45) is 0. The molecule has 1 aliphatic rings. The summed E-state index contributed by atoms with van der Waals surface area (Å²) in [6, 6.07) is 71.0. The molecular weight excluding hydrogens is 607 g/mol. The van der Waals surface area contributed by atoms with E-state index < -0.39 is 0 Å². The lowest BCUT2D eigenvalue weighted by atomic mass is 9.91. The second kappa shape index (κ2) is 12.8. The average molecular weight is 640 g/mol. The van der Waals surface area contributed by atoms with Gasteiger partial charge in [-0.2, -0.15) is 0 Å². The fourth-order valence-electron chi connectivity index (χ4n) is 6.97. The highest BCUT2D eigenvalue weighted by molar-refractivity contribution is 5.93. The smallest absolute Gasteiger partial charge is 0.135 e. The first kappa shape index (κ1) is 29.5. The molecule has 8 aromatic rings. The van der Waals surface area contributed by atoms with Crippen LogP contribution in [0.25, 0.3) is 55.6 Å². The molecule has 1 aliphatic heterocycles. The van der Waals surface area contributed by atoms with Gasteiger partial charge in [-0.25, -0.2) is 0 Å². The zero-order valence-corrected chi connectivity index (χ0v) is 27.4. The Labute approximate surface area is 293 Å². The van der Waals surface area contributed by atoms with E-state index in [0.717, 1.165) is 50.8 Å². The van der Waals surface area contributed by atoms with E-state index in [9.17, 15) is 0 Å². The molecule has 9 rings (SSSR count). The molecule has 8 aromatic carbocycles. The molecule has 0 amide bonds. The van der Waals surface area contributed by atoms with Gasteiger partial charge in [-0.05, 0) is 99.1 Å². The quantitative estimate of drug-likeness (QED) is 0.179. The Bertz CT molecular complexity index is 2330. The first-order valence-electron chi connectivity index (χ1n) is 17.0. The minimum atomic E-state index is 0.874. The van der Waals surface area contributed by atoms with Crippen LogP contribution in [0.15, 0.2) is 200 Å². The summed E-state index contributed by atoms with van der Waals surface area (Å²) in [4.78, 5) is 2.33. The van der Waals surface area contributed by atoms with Crippen molar-refractivity contribution in [2.75, 3.05) is 4.90 Å². The molecule has 1 heterocycles. The van der Waals surface area contributed by atoms with Crippen LogP contribution in [0, 0.1) is 0 Å². The lowest BCUT2D eigenvalue weighted by molar-refractivity contribution is 0.488. The van der Waals surface area contributed by atoms with Crippen LogP contribution in [0.2, 0.25) is 0 Å². The molecule has 0 saturated carbocycles. The summed E-state index contributed by atoms with van der Waals surface area (Å²) in [5, 5.41) is 0. The Balaban J connectivity index is 1.10. The Hall–Kier alpha value is -6.64. The van der Waals surface area contributed by atoms with Gasteiger partial charge in [0, 0.05) is 28.2 Å². The minimum Gasteiger partial charge on any atom is -0.456 e. The van der Waals surface area contributed by atoms with Crippen LogP contribution in [0.3, 0.4) is 0 Å². The van der Waals surface area contributed by atoms with E-state index in [4.69, 9.17) is 4.74 Å². The molecule has 0 fully saturated rings. The van der Waals surface area contributed by atoms with E-state index in [2.05, 4.69) is 187 Å². The van der Waals surface area contributed by atoms with Gasteiger partial charge in [-0.1, -0.05) is 146 Å². The van der Waals surface area contributed by atoms with Crippen LogP contribution in [-0.2, 0) is 0 Å². The van der Waals surface area contributed by atoms with E-state index in [1.54, 1.807) is 0 Å². The van der Waals surface area contributed by atoms with Crippen molar-refractivity contribution < 1.29 is 4.74 Å². The van der Waals surface area contributed by atoms with E-state index in [1.165, 1.54) is 33.4 Å². The fraction of sp³-hybridized carbons (Fsp3) is 0. The van der Waals surface area contributed by atoms with E-state index in [-0.39, 0.29) is 0 Å². The molecule has 2 heteroatoms. The number of ether oxygens (including phenoxy) is 1. The van der Waals surface area contributed by atoms with Crippen molar-refractivity contribution in [3.05, 3.63) is 200 Å². The summed E-state index contributed by atoms with van der Waals surface area (Å²) in [6.45, 7) is 0. The van der Waals surface area contributed by atoms with Gasteiger partial charge in [0.2, 0.25) is 0 Å². The van der Waals surface area contributed by atoms with Crippen LogP contribution in [-0.4, -0.2) is 0 Å². The Morgan fingerprint density at radius 2 is 0.620 bits per heavy atom. The van der Waals surface area contributed by atoms with Crippen molar-refractivity contribution in [2.24, 2.45) is 0 Å². The van der Waals surface area contributed by atoms with Crippen molar-refractivity contribution in [3.63, 3.8) is 0 Å². The molecule has 236 valence electrons. The molecule has 0 unspecified atom stereocenters. The van der Waals surface area contributed by atoms with E-state index in [0.29, 0.717) is 0 Å². The van der Waals surface area contributed by atoms with Crippen molar-refractivity contribution in [2.45, 2.75) is 0 Å². The van der Waals surface area contributed by atoms with Crippen molar-refractivity contribution in [1.82, 2.24) is 0 Å². The molecule has 0 N–H and O–H groups in total. The molecule has 0 spiro atoms. The van der Waals surface area contributed by atoms with E-state index >= 15 is 0 Å². The first-order chi connectivity index (χ1) is 24.8. The maximum absolute atomic E-state index is 6.42. The van der Waals surface area contributed by atoms with Crippen LogP contribution >= 0.6 is 0 Å². The summed E-state index contributed by atoms with van der Waals surface area (Å²) in [5.74, 6) is 1.75. The van der Waals surface area contributed by atoms with Crippen molar-refractivity contribution >= 4 is 17.1 Å². The molecular formula is C48H33NO. The summed E-state index contributed by atoms with van der Waals surface area (Å²) >= 11 is 0. The molecule has 0 aromatic heterocycles. The van der Waals surface area contributed by atoms with Gasteiger partial charge in [0.15, 0.2) is 0 Å². The third kappa shape index (κ3) is 5.53. The van der Waals surface area contributed by atoms with Crippen LogP contribution in [0.1, 0.15) is 0 Å². The van der Waals surface area contributed by atoms with Crippen LogP contribution < -0.4 is 9.64 Å². The van der Waals surface area contributed by atoms with Gasteiger partial charge in [0.05, 0.1) is 0 Å². The fourth-order valence-corrected chi connectivity index (χ4v) is 6.97. The first-order valence-corrected chi connectivity index (χ1v) is 17.0. The highest BCUT2D eigenvalue weighted by Gasteiger charge is 2.21. The third-order valence-electron chi connectivity index (χ3n) is 9.52. The molecule has 0 atom stereocenters. The number of rotatable bonds is 6. The molecule has 0 radical (unpaired) electrons. The standard InChI is InChI=1S/C48H33NO/c1-3-11-34(12-4-1)36-19-26-40(27-20-36)49(41-28-21-37(22-29-41)35-13-5-2-6-14-35)42-30-23-38(24-31-42)39-25-32-43-44-15-7-9-17-47(44)50-48-18-10-8-16-45(48)46(43)33-39/h1-33H. The van der Waals surface area contributed by atoms with Crippen LogP contribution in [0.4, 0.5) is 17.1 Å². The van der Waals surface area contributed by atoms with Gasteiger partial charge in [-0.15, -0.1) is 0 Å². The molecule has 0 aliphatic carbocycles. The van der Waals surface area contributed by atoms with Crippen molar-refractivity contribution in [1.29, 1.82) is 0 Å². The lowest BCUT2D eigenvalue weighted by Crippen LogP contribution is -2.09. The zero-order chi connectivity index (χ0) is 33.3. The Morgan fingerprint density at radius 3 is 1.10 bits per heavy atom. The highest BCUT2D eigenvalue weighted by Crippen LogP contribution is 2.47. The Morgan fingerprint density at radius 1 is 0.260 bits per heavy atom. The normalized spacial score (nSPS) is 11.4. The predicted octanol–water partition coefficient (Wildman–Crippen LogP) is 13.6. The number of fused-ring (bicyclic) bond motifs is 5. The molecule has 50 heavy (non-hydrogen) atoms. The van der Waals surface area contributed by atoms with Gasteiger partial charge >= 0.3 is 0 Å². The van der Waals surface area contributed by atoms with Gasteiger partial charge in [0.1, 0.15) is 11.5 Å². The second-order valence-electron chi connectivity index (χ2n) is 12.6. The van der Waals surface area contributed by atoms with E-state index in [1.807, 2.05) is 18.2 Å². The predicted molar refractivity (Wildman–Crippen MR) is 208 cm³/mol. The number of anilines is 3. The van der Waals surface area contributed by atoms with Crippen molar-refractivity contribution in [3.8, 4) is 67.1 Å². The number of hydrogen-bond acceptors (Lipinski definition) is 2. The van der Waals surface area contributed by atoms with Crippen LogP contribution in [0.5, 0.6) is 11.5 Å². The Kier molecular flexibility index (Phi) is 7.53. The van der Waals surface area contributed by atoms with Gasteiger partial charge < -0.3 is 9.64 Å². The lowest BCUT2D eigenvalue weighted by Gasteiger charge is -2.26. The zero-order valence-electron chi connectivity index (χ0n) is 27.4. The number of benzene rings is 8. The third-order valence-corrected chi connectivity index (χ3v) is 9.52. The summed E-state index contributed by atoms with van der Waals surface area (Å²) in [7, 11) is 0. The van der Waals surface area contributed by atoms with Gasteiger partial charge in [-0.3, -0.25) is 0 Å². The maximum atomic E-state index is 6.42. The monoisotopic (exact) mass is 639 g/mol. The average Bonchev–Trinajstić information content (AvgIpc) is 3.34. The summed E-state index contributed by atoms with van der Waals surface area (Å²) < 4.78 is 6.42. The highest BCUT2D eigenvalue weighted by atomic mass is 16.5. The summed E-state index contributed by atoms with van der Waals surface area (Å²) in [5.41, 5.74) is 15.0. The maximum Gasteiger partial charge on any atom is 0.135 e. The molecule has 0 bridgehead atoms. The molecule has 0 saturated heterocycles. The largest absolute Gasteiger partial charge is 0.456 e. The topological polar surface area (TPSA) is 12.5 Å². The molecule has 2 nitrogen and oxygen atoms in total. The minimum absolute atomic E-state index is 0.874.